The quantitative estimate of drug-likeness (QED) is 0.393. The van der Waals surface area contributed by atoms with Crippen molar-refractivity contribution in [3.63, 3.8) is 0 Å². The van der Waals surface area contributed by atoms with Gasteiger partial charge in [0.1, 0.15) is 0 Å². The minimum Gasteiger partial charge on any atom is -0.0444 e. The van der Waals surface area contributed by atoms with Crippen molar-refractivity contribution in [1.29, 1.82) is 0 Å². The van der Waals surface area contributed by atoms with Gasteiger partial charge < -0.3 is 0 Å². The maximum atomic E-state index is 3.54. The summed E-state index contributed by atoms with van der Waals surface area (Å²) in [5, 5.41) is 1.20. The second-order valence-electron chi connectivity index (χ2n) is 1.74. The summed E-state index contributed by atoms with van der Waals surface area (Å²) in [6, 6.07) is 4.29. The number of halogens is 3. The van der Waals surface area contributed by atoms with Gasteiger partial charge in [-0.15, -0.1) is 0 Å². The molecule has 0 aliphatic carbocycles. The highest BCUT2D eigenvalue weighted by Crippen LogP contribution is 2.12. The molecule has 4 heteroatoms. The molecule has 1 aromatic rings. The van der Waals surface area contributed by atoms with Gasteiger partial charge in [0.2, 0.25) is 0 Å². The van der Waals surface area contributed by atoms with Crippen LogP contribution in [0.2, 0.25) is 0 Å². The first-order valence-electron chi connectivity index (χ1n) is 2.47. The van der Waals surface area contributed by atoms with Crippen LogP contribution in [-0.4, -0.2) is 10.2 Å². The molecule has 0 amide bonds. The monoisotopic (exact) mass is 483 g/mol. The standard InChI is InChI=1S/C6H2I3Si/c7-3-1-4(8)6(10)5(9)2-3/h1-2H. The molecule has 0 saturated carbocycles. The predicted molar refractivity (Wildman–Crippen MR) is 70.0 cm³/mol. The maximum absolute atomic E-state index is 3.54. The van der Waals surface area contributed by atoms with Crippen LogP contribution in [-0.2, 0) is 0 Å². The first kappa shape index (κ1) is 9.71. The molecule has 1 rings (SSSR count). The second kappa shape index (κ2) is 4.03. The van der Waals surface area contributed by atoms with Crippen LogP contribution in [0, 0.1) is 10.7 Å². The topological polar surface area (TPSA) is 0 Å². The molecule has 0 N–H and O–H groups in total. The summed E-state index contributed by atoms with van der Waals surface area (Å²) in [5.41, 5.74) is 0. The molecule has 0 saturated heterocycles. The summed E-state index contributed by atoms with van der Waals surface area (Å²) < 4.78 is 3.82. The fraction of sp³-hybridized carbons (Fsp3) is 0. The minimum atomic E-state index is 1.20. The molecule has 3 radical (unpaired) electrons. The van der Waals surface area contributed by atoms with Gasteiger partial charge >= 0.3 is 0 Å². The Bertz CT molecular complexity index is 236. The largest absolute Gasteiger partial charge is 0.0741 e. The van der Waals surface area contributed by atoms with Crippen LogP contribution in [0.25, 0.3) is 0 Å². The van der Waals surface area contributed by atoms with Gasteiger partial charge in [-0.1, -0.05) is 0 Å². The molecule has 0 aliphatic heterocycles. The van der Waals surface area contributed by atoms with Crippen LogP contribution in [0.3, 0.4) is 0 Å². The summed E-state index contributed by atoms with van der Waals surface area (Å²) in [4.78, 5) is 0. The van der Waals surface area contributed by atoms with E-state index in [0.717, 1.165) is 0 Å². The fourth-order valence-corrected chi connectivity index (χ4v) is 4.27. The van der Waals surface area contributed by atoms with E-state index in [0.29, 0.717) is 0 Å². The van der Waals surface area contributed by atoms with E-state index in [1.54, 1.807) is 0 Å². The lowest BCUT2D eigenvalue weighted by Gasteiger charge is -2.01. The molecule has 0 spiro atoms. The molecule has 0 bridgehead atoms. The minimum absolute atomic E-state index is 1.20. The zero-order valence-corrected chi connectivity index (χ0v) is 12.3. The van der Waals surface area contributed by atoms with E-state index in [1.807, 2.05) is 0 Å². The van der Waals surface area contributed by atoms with Crippen molar-refractivity contribution >= 4 is 83.2 Å². The lowest BCUT2D eigenvalue weighted by Crippen LogP contribution is -2.11. The van der Waals surface area contributed by atoms with Gasteiger partial charge in [-0.25, -0.2) is 0 Å². The lowest BCUT2D eigenvalue weighted by atomic mass is 10.4. The van der Waals surface area contributed by atoms with Gasteiger partial charge in [0.15, 0.2) is 0 Å². The Labute approximate surface area is 104 Å². The average Bonchev–Trinajstić information content (AvgIpc) is 1.82. The number of benzene rings is 1. The molecular formula is C6H2I3Si. The average molecular weight is 483 g/mol. The summed E-state index contributed by atoms with van der Waals surface area (Å²) in [6.07, 6.45) is 0. The van der Waals surface area contributed by atoms with Crippen molar-refractivity contribution < 1.29 is 0 Å². The Morgan fingerprint density at radius 2 is 1.40 bits per heavy atom. The molecular weight excluding hydrogens is 481 g/mol. The van der Waals surface area contributed by atoms with Crippen molar-refractivity contribution in [1.82, 2.24) is 0 Å². The smallest absolute Gasteiger partial charge is 0.0444 e. The van der Waals surface area contributed by atoms with E-state index in [-0.39, 0.29) is 0 Å². The molecule has 0 unspecified atom stereocenters. The van der Waals surface area contributed by atoms with E-state index in [1.165, 1.54) is 15.9 Å². The summed E-state index contributed by atoms with van der Waals surface area (Å²) >= 11 is 6.95. The number of rotatable bonds is 0. The van der Waals surface area contributed by atoms with Crippen molar-refractivity contribution in [2.24, 2.45) is 0 Å². The van der Waals surface area contributed by atoms with Crippen LogP contribution in [0.5, 0.6) is 0 Å². The molecule has 51 valence electrons. The van der Waals surface area contributed by atoms with Gasteiger partial charge in [-0.05, 0) is 85.1 Å². The number of hydrogen-bond acceptors (Lipinski definition) is 0. The van der Waals surface area contributed by atoms with Gasteiger partial charge in [0, 0.05) is 10.7 Å². The third kappa shape index (κ3) is 2.31. The Hall–Kier alpha value is 1.63. The van der Waals surface area contributed by atoms with Gasteiger partial charge in [-0.3, -0.25) is 0 Å². The zero-order valence-electron chi connectivity index (χ0n) is 4.79. The third-order valence-electron chi connectivity index (χ3n) is 1.01. The fourth-order valence-electron chi connectivity index (χ4n) is 0.542. The maximum Gasteiger partial charge on any atom is 0.0741 e. The molecule has 10 heavy (non-hydrogen) atoms. The molecule has 0 heterocycles. The van der Waals surface area contributed by atoms with Crippen molar-refractivity contribution in [3.05, 3.63) is 22.8 Å². The summed E-state index contributed by atoms with van der Waals surface area (Å²) in [5.74, 6) is 0. The number of hydrogen-bond donors (Lipinski definition) is 0. The highest BCUT2D eigenvalue weighted by atomic mass is 127. The molecule has 1 aromatic carbocycles. The molecule has 0 fully saturated rings. The van der Waals surface area contributed by atoms with E-state index in [9.17, 15) is 0 Å². The van der Waals surface area contributed by atoms with E-state index in [4.69, 9.17) is 0 Å². The van der Waals surface area contributed by atoms with E-state index in [2.05, 4.69) is 90.1 Å². The SMILES string of the molecule is [Si]c1c(I)cc(I)cc1I. The Morgan fingerprint density at radius 1 is 1.00 bits per heavy atom. The van der Waals surface area contributed by atoms with Crippen LogP contribution >= 0.6 is 67.8 Å². The summed E-state index contributed by atoms with van der Waals surface area (Å²) in [7, 11) is 3.54. The van der Waals surface area contributed by atoms with Crippen LogP contribution in [0.15, 0.2) is 12.1 Å². The first-order valence-corrected chi connectivity index (χ1v) is 6.21. The Morgan fingerprint density at radius 3 is 1.80 bits per heavy atom. The first-order chi connectivity index (χ1) is 4.61. The molecule has 0 aliphatic rings. The Balaban J connectivity index is 3.31. The van der Waals surface area contributed by atoms with Crippen LogP contribution in [0.1, 0.15) is 0 Å². The van der Waals surface area contributed by atoms with Crippen LogP contribution in [0.4, 0.5) is 0 Å². The van der Waals surface area contributed by atoms with Crippen molar-refractivity contribution in [2.45, 2.75) is 0 Å². The summed E-state index contributed by atoms with van der Waals surface area (Å²) in [6.45, 7) is 0. The van der Waals surface area contributed by atoms with Gasteiger partial charge in [0.05, 0.1) is 10.2 Å². The molecule has 0 atom stereocenters. The zero-order chi connectivity index (χ0) is 7.72. The highest BCUT2D eigenvalue weighted by Gasteiger charge is 1.99. The highest BCUT2D eigenvalue weighted by molar-refractivity contribution is 14.1. The van der Waals surface area contributed by atoms with Crippen LogP contribution < -0.4 is 5.19 Å². The molecule has 0 aromatic heterocycles. The lowest BCUT2D eigenvalue weighted by molar-refractivity contribution is 1.60. The molecule has 0 nitrogen and oxygen atoms in total. The normalized spacial score (nSPS) is 10.0. The Kier molecular flexibility index (Phi) is 3.92. The van der Waals surface area contributed by atoms with Crippen molar-refractivity contribution in [3.8, 4) is 0 Å². The second-order valence-corrected chi connectivity index (χ2v) is 5.81. The van der Waals surface area contributed by atoms with Gasteiger partial charge in [-0.2, -0.15) is 0 Å². The van der Waals surface area contributed by atoms with Crippen molar-refractivity contribution in [2.75, 3.05) is 0 Å². The van der Waals surface area contributed by atoms with E-state index >= 15 is 0 Å². The van der Waals surface area contributed by atoms with E-state index < -0.39 is 0 Å². The third-order valence-corrected chi connectivity index (χ3v) is 4.89. The van der Waals surface area contributed by atoms with Gasteiger partial charge in [0.25, 0.3) is 0 Å². The predicted octanol–water partition coefficient (Wildman–Crippen LogP) is 2.29.